The van der Waals surface area contributed by atoms with Gasteiger partial charge in [-0.25, -0.2) is 0 Å². The van der Waals surface area contributed by atoms with Crippen molar-refractivity contribution in [1.29, 1.82) is 0 Å². The molecule has 0 aliphatic rings. The summed E-state index contributed by atoms with van der Waals surface area (Å²) in [5.74, 6) is 0. The monoisotopic (exact) mass is 238 g/mol. The molecule has 1 aromatic heterocycles. The second kappa shape index (κ2) is 7.65. The van der Waals surface area contributed by atoms with E-state index in [1.54, 1.807) is 0 Å². The average Bonchev–Trinajstić information content (AvgIpc) is 2.45. The number of hydrogen-bond donors (Lipinski definition) is 0. The zero-order valence-electron chi connectivity index (χ0n) is 10.8. The molecule has 0 bridgehead atoms. The number of benzene rings is 1. The third-order valence-electron chi connectivity index (χ3n) is 3.05. The average molecular weight is 238 g/mol. The first-order valence-corrected chi connectivity index (χ1v) is 6.70. The summed E-state index contributed by atoms with van der Waals surface area (Å²) < 4.78 is 0. The lowest BCUT2D eigenvalue weighted by atomic mass is 10.0. The molecule has 2 rings (SSSR count). The lowest BCUT2D eigenvalue weighted by molar-refractivity contribution is 0.748. The highest BCUT2D eigenvalue weighted by Crippen LogP contribution is 2.08. The van der Waals surface area contributed by atoms with Gasteiger partial charge in [-0.2, -0.15) is 0 Å². The lowest BCUT2D eigenvalue weighted by Gasteiger charge is -2.02. The van der Waals surface area contributed by atoms with Crippen LogP contribution in [0.5, 0.6) is 0 Å². The molecule has 0 N–H and O–H groups in total. The summed E-state index contributed by atoms with van der Waals surface area (Å²) in [6.07, 6.45) is 10.1. The Kier molecular flexibility index (Phi) is 5.45. The maximum Gasteiger partial charge on any atom is 0.0403 e. The minimum absolute atomic E-state index is 1.09. The van der Waals surface area contributed by atoms with Gasteiger partial charge < -0.3 is 0 Å². The van der Waals surface area contributed by atoms with Gasteiger partial charge in [0.25, 0.3) is 0 Å². The number of aromatic nitrogens is 1. The van der Waals surface area contributed by atoms with E-state index in [9.17, 15) is 0 Å². The first kappa shape index (κ1) is 12.8. The van der Waals surface area contributed by atoms with Crippen molar-refractivity contribution in [1.82, 2.24) is 4.98 Å². The summed E-state index contributed by atoms with van der Waals surface area (Å²) in [5, 5.41) is 0. The smallest absolute Gasteiger partial charge is 0.0403 e. The molecule has 0 amide bonds. The van der Waals surface area contributed by atoms with E-state index in [1.807, 2.05) is 12.3 Å². The van der Waals surface area contributed by atoms with Gasteiger partial charge in [0.15, 0.2) is 0 Å². The molecule has 0 aliphatic carbocycles. The largest absolute Gasteiger partial charge is 0.261 e. The van der Waals surface area contributed by atoms with E-state index in [4.69, 9.17) is 0 Å². The summed E-state index contributed by atoms with van der Waals surface area (Å²) in [4.78, 5) is 4.33. The van der Waals surface area contributed by atoms with E-state index in [0.29, 0.717) is 0 Å². The predicted molar refractivity (Wildman–Crippen MR) is 76.2 cm³/mol. The van der Waals surface area contributed by atoms with Gasteiger partial charge in [-0.05, 0) is 56.2 Å². The summed E-state index contributed by atoms with van der Waals surface area (Å²) in [6.45, 7) is 0. The molecule has 0 fully saturated rings. The molecule has 0 saturated heterocycles. The highest BCUT2D eigenvalue weighted by atomic mass is 14.7. The van der Waals surface area contributed by atoms with Gasteiger partial charge in [0.1, 0.15) is 0 Å². The van der Waals surface area contributed by atoms with Crippen LogP contribution in [0.3, 0.4) is 0 Å². The Morgan fingerprint density at radius 1 is 0.833 bits per heavy atom. The molecule has 1 heteroatoms. The molecule has 18 heavy (non-hydrogen) atoms. The van der Waals surface area contributed by atoms with Crippen molar-refractivity contribution in [3.8, 4) is 0 Å². The number of unbranched alkanes of at least 4 members (excludes halogenated alkanes) is 3. The summed E-state index contributed by atoms with van der Waals surface area (Å²) in [6, 6.07) is 16.8. The Hall–Kier alpha value is -1.63. The van der Waals surface area contributed by atoms with Gasteiger partial charge >= 0.3 is 0 Å². The standard InChI is InChI=1S/C17H20N/c1(4-10-16-11-5-3-6-12-16)2-7-13-17-14-8-9-15-18-17/h1,3,5-6,8-9,11-12,14-15H,2,4,7,10,13H2. The number of nitrogens with zero attached hydrogens (tertiary/aromatic N) is 1. The van der Waals surface area contributed by atoms with Crippen LogP contribution < -0.4 is 0 Å². The van der Waals surface area contributed by atoms with E-state index in [-0.39, 0.29) is 0 Å². The molecule has 0 unspecified atom stereocenters. The number of rotatable bonds is 7. The van der Waals surface area contributed by atoms with Crippen LogP contribution in [0.2, 0.25) is 0 Å². The number of hydrogen-bond acceptors (Lipinski definition) is 1. The van der Waals surface area contributed by atoms with E-state index < -0.39 is 0 Å². The molecule has 1 heterocycles. The zero-order chi connectivity index (χ0) is 12.5. The SMILES string of the molecule is [CH](CCCc1ccccn1)CCc1ccccc1. The van der Waals surface area contributed by atoms with Crippen LogP contribution in [-0.4, -0.2) is 4.98 Å². The zero-order valence-corrected chi connectivity index (χ0v) is 10.8. The van der Waals surface area contributed by atoms with E-state index in [2.05, 4.69) is 53.9 Å². The Morgan fingerprint density at radius 2 is 1.67 bits per heavy atom. The minimum Gasteiger partial charge on any atom is -0.261 e. The van der Waals surface area contributed by atoms with E-state index >= 15 is 0 Å². The maximum absolute atomic E-state index is 4.33. The topological polar surface area (TPSA) is 12.9 Å². The lowest BCUT2D eigenvalue weighted by Crippen LogP contribution is -1.90. The van der Waals surface area contributed by atoms with Crippen molar-refractivity contribution in [3.05, 3.63) is 72.4 Å². The van der Waals surface area contributed by atoms with Gasteiger partial charge in [0.05, 0.1) is 0 Å². The van der Waals surface area contributed by atoms with Crippen LogP contribution >= 0.6 is 0 Å². The first-order valence-electron chi connectivity index (χ1n) is 6.70. The summed E-state index contributed by atoms with van der Waals surface area (Å²) >= 11 is 0. The van der Waals surface area contributed by atoms with Crippen molar-refractivity contribution in [2.45, 2.75) is 32.1 Å². The summed E-state index contributed by atoms with van der Waals surface area (Å²) in [7, 11) is 0. The molecule has 1 nitrogen and oxygen atoms in total. The number of aryl methyl sites for hydroxylation is 2. The van der Waals surface area contributed by atoms with Crippen LogP contribution in [0, 0.1) is 6.42 Å². The minimum atomic E-state index is 1.09. The van der Waals surface area contributed by atoms with Gasteiger partial charge in [0.2, 0.25) is 0 Å². The fourth-order valence-electron chi connectivity index (χ4n) is 2.03. The van der Waals surface area contributed by atoms with Crippen molar-refractivity contribution in [3.63, 3.8) is 0 Å². The molecular weight excluding hydrogens is 218 g/mol. The van der Waals surface area contributed by atoms with Gasteiger partial charge in [-0.15, -0.1) is 0 Å². The van der Waals surface area contributed by atoms with Crippen molar-refractivity contribution < 1.29 is 0 Å². The Labute approximate surface area is 110 Å². The third kappa shape index (κ3) is 4.70. The highest BCUT2D eigenvalue weighted by molar-refractivity contribution is 5.14. The molecule has 0 saturated carbocycles. The molecule has 0 spiro atoms. The van der Waals surface area contributed by atoms with E-state index in [1.165, 1.54) is 30.5 Å². The van der Waals surface area contributed by atoms with Crippen LogP contribution in [-0.2, 0) is 12.8 Å². The predicted octanol–water partition coefficient (Wildman–Crippen LogP) is 4.24. The quantitative estimate of drug-likeness (QED) is 0.657. The Morgan fingerprint density at radius 3 is 2.44 bits per heavy atom. The fourth-order valence-corrected chi connectivity index (χ4v) is 2.03. The van der Waals surface area contributed by atoms with Gasteiger partial charge in [-0.1, -0.05) is 36.4 Å². The van der Waals surface area contributed by atoms with Crippen LogP contribution in [0.25, 0.3) is 0 Å². The van der Waals surface area contributed by atoms with Crippen molar-refractivity contribution in [2.24, 2.45) is 0 Å². The maximum atomic E-state index is 4.33. The Bertz CT molecular complexity index is 378. The first-order chi connectivity index (χ1) is 8.95. The molecule has 2 aromatic rings. The molecule has 1 radical (unpaired) electrons. The van der Waals surface area contributed by atoms with E-state index in [0.717, 1.165) is 12.8 Å². The van der Waals surface area contributed by atoms with Gasteiger partial charge in [-0.3, -0.25) is 4.98 Å². The molecule has 0 aliphatic heterocycles. The fraction of sp³-hybridized carbons (Fsp3) is 0.294. The second-order valence-corrected chi connectivity index (χ2v) is 4.53. The molecule has 93 valence electrons. The highest BCUT2D eigenvalue weighted by Gasteiger charge is 1.95. The third-order valence-corrected chi connectivity index (χ3v) is 3.05. The van der Waals surface area contributed by atoms with Crippen molar-refractivity contribution >= 4 is 0 Å². The van der Waals surface area contributed by atoms with Crippen LogP contribution in [0.1, 0.15) is 30.5 Å². The molecule has 0 atom stereocenters. The number of pyridine rings is 1. The second-order valence-electron chi connectivity index (χ2n) is 4.53. The molecular formula is C17H20N. The Balaban J connectivity index is 1.54. The van der Waals surface area contributed by atoms with Crippen LogP contribution in [0.15, 0.2) is 54.7 Å². The van der Waals surface area contributed by atoms with Gasteiger partial charge in [0, 0.05) is 11.9 Å². The van der Waals surface area contributed by atoms with Crippen LogP contribution in [0.4, 0.5) is 0 Å². The normalized spacial score (nSPS) is 10.4. The molecule has 1 aromatic carbocycles. The summed E-state index contributed by atoms with van der Waals surface area (Å²) in [5.41, 5.74) is 2.63. The van der Waals surface area contributed by atoms with Crippen molar-refractivity contribution in [2.75, 3.05) is 0 Å².